The lowest BCUT2D eigenvalue weighted by Gasteiger charge is -2.27. The Morgan fingerprint density at radius 1 is 1.48 bits per heavy atom. The number of nitrogens with zero attached hydrogens (tertiary/aromatic N) is 1. The fourth-order valence-electron chi connectivity index (χ4n) is 2.61. The van der Waals surface area contributed by atoms with Crippen LogP contribution < -0.4 is 10.1 Å². The molecule has 1 N–H and O–H groups in total. The minimum atomic E-state index is -0.985. The molecule has 1 aliphatic heterocycles. The predicted octanol–water partition coefficient (Wildman–Crippen LogP) is 1.94. The van der Waals surface area contributed by atoms with Crippen molar-refractivity contribution in [2.75, 3.05) is 20.1 Å². The molecule has 1 aliphatic rings. The summed E-state index contributed by atoms with van der Waals surface area (Å²) in [7, 11) is 1.85. The maximum atomic E-state index is 13.1. The average molecular weight is 298 g/mol. The van der Waals surface area contributed by atoms with Crippen molar-refractivity contribution in [3.63, 3.8) is 0 Å². The van der Waals surface area contributed by atoms with Gasteiger partial charge < -0.3 is 15.0 Å². The van der Waals surface area contributed by atoms with Crippen LogP contribution in [0.3, 0.4) is 0 Å². The summed E-state index contributed by atoms with van der Waals surface area (Å²) in [6.45, 7) is 3.07. The molecule has 2 atom stereocenters. The molecule has 1 amide bonds. The molecule has 2 rings (SSSR count). The number of benzene rings is 1. The molecular formula is C15H20F2N2O2. The van der Waals surface area contributed by atoms with Crippen LogP contribution in [0.1, 0.15) is 19.8 Å². The highest BCUT2D eigenvalue weighted by molar-refractivity contribution is 5.81. The Balaban J connectivity index is 2.00. The van der Waals surface area contributed by atoms with Gasteiger partial charge in [0.25, 0.3) is 5.91 Å². The van der Waals surface area contributed by atoms with E-state index in [2.05, 4.69) is 5.32 Å². The number of likely N-dealkylation sites (tertiary alicyclic amines) is 1. The second kappa shape index (κ2) is 6.85. The minimum absolute atomic E-state index is 0.127. The first-order valence-corrected chi connectivity index (χ1v) is 7.09. The summed E-state index contributed by atoms with van der Waals surface area (Å²) in [5.41, 5.74) is 0. The smallest absolute Gasteiger partial charge is 0.263 e. The molecule has 1 aromatic rings. The maximum Gasteiger partial charge on any atom is 0.263 e. The fraction of sp³-hybridized carbons (Fsp3) is 0.533. The van der Waals surface area contributed by atoms with Gasteiger partial charge in [-0.3, -0.25) is 4.79 Å². The normalized spacial score (nSPS) is 19.6. The summed E-state index contributed by atoms with van der Waals surface area (Å²) >= 11 is 0. The Morgan fingerprint density at radius 2 is 2.24 bits per heavy atom. The summed E-state index contributed by atoms with van der Waals surface area (Å²) < 4.78 is 31.4. The molecule has 1 heterocycles. The molecule has 0 aromatic heterocycles. The zero-order chi connectivity index (χ0) is 15.4. The Labute approximate surface area is 123 Å². The molecule has 1 fully saturated rings. The fourth-order valence-corrected chi connectivity index (χ4v) is 2.61. The van der Waals surface area contributed by atoms with Crippen molar-refractivity contribution < 1.29 is 18.3 Å². The first-order valence-electron chi connectivity index (χ1n) is 7.09. The van der Waals surface area contributed by atoms with E-state index >= 15 is 0 Å². The van der Waals surface area contributed by atoms with Gasteiger partial charge in [-0.1, -0.05) is 0 Å². The van der Waals surface area contributed by atoms with Gasteiger partial charge in [0, 0.05) is 25.2 Å². The predicted molar refractivity (Wildman–Crippen MR) is 75.1 cm³/mol. The number of halogens is 2. The third-order valence-electron chi connectivity index (χ3n) is 3.65. The van der Waals surface area contributed by atoms with E-state index < -0.39 is 17.7 Å². The number of ether oxygens (including phenoxy) is 1. The number of amides is 1. The maximum absolute atomic E-state index is 13.1. The van der Waals surface area contributed by atoms with E-state index in [1.54, 1.807) is 11.8 Å². The van der Waals surface area contributed by atoms with Crippen LogP contribution >= 0.6 is 0 Å². The molecule has 2 unspecified atom stereocenters. The lowest BCUT2D eigenvalue weighted by atomic mass is 10.2. The second-order valence-electron chi connectivity index (χ2n) is 5.22. The molecule has 1 saturated heterocycles. The van der Waals surface area contributed by atoms with Crippen molar-refractivity contribution in [1.29, 1.82) is 0 Å². The van der Waals surface area contributed by atoms with Crippen molar-refractivity contribution in [2.45, 2.75) is 31.9 Å². The van der Waals surface area contributed by atoms with Crippen LogP contribution in [-0.4, -0.2) is 43.1 Å². The second-order valence-corrected chi connectivity index (χ2v) is 5.22. The van der Waals surface area contributed by atoms with Crippen molar-refractivity contribution in [3.05, 3.63) is 29.8 Å². The molecule has 116 valence electrons. The average Bonchev–Trinajstić information content (AvgIpc) is 2.90. The monoisotopic (exact) mass is 298 g/mol. The molecule has 1 aromatic carbocycles. The molecule has 0 spiro atoms. The van der Waals surface area contributed by atoms with E-state index in [-0.39, 0.29) is 17.7 Å². The van der Waals surface area contributed by atoms with E-state index in [1.807, 2.05) is 7.05 Å². The van der Waals surface area contributed by atoms with Crippen LogP contribution in [0.2, 0.25) is 0 Å². The van der Waals surface area contributed by atoms with Crippen molar-refractivity contribution in [1.82, 2.24) is 10.2 Å². The summed E-state index contributed by atoms with van der Waals surface area (Å²) in [6, 6.07) is 3.42. The number of nitrogens with one attached hydrogen (secondary N) is 1. The Bertz CT molecular complexity index is 510. The van der Waals surface area contributed by atoms with Crippen LogP contribution in [0, 0.1) is 11.6 Å². The summed E-state index contributed by atoms with van der Waals surface area (Å²) in [6.07, 6.45) is 1.20. The summed E-state index contributed by atoms with van der Waals surface area (Å²) in [5, 5.41) is 3.07. The lowest BCUT2D eigenvalue weighted by Crippen LogP contribution is -2.46. The molecule has 6 heteroatoms. The van der Waals surface area contributed by atoms with E-state index in [4.69, 9.17) is 4.74 Å². The number of rotatable bonds is 5. The lowest BCUT2D eigenvalue weighted by molar-refractivity contribution is -0.138. The first kappa shape index (κ1) is 15.7. The van der Waals surface area contributed by atoms with Crippen molar-refractivity contribution in [2.24, 2.45) is 0 Å². The van der Waals surface area contributed by atoms with Gasteiger partial charge in [-0.25, -0.2) is 8.78 Å². The van der Waals surface area contributed by atoms with Crippen LogP contribution in [0.15, 0.2) is 18.2 Å². The van der Waals surface area contributed by atoms with Crippen LogP contribution in [-0.2, 0) is 4.79 Å². The van der Waals surface area contributed by atoms with Gasteiger partial charge in [-0.2, -0.15) is 0 Å². The van der Waals surface area contributed by atoms with E-state index in [0.717, 1.165) is 31.5 Å². The number of carbonyl (C=O) groups excluding carboxylic acids is 1. The van der Waals surface area contributed by atoms with Crippen LogP contribution in [0.5, 0.6) is 5.75 Å². The van der Waals surface area contributed by atoms with E-state index in [9.17, 15) is 13.6 Å². The third kappa shape index (κ3) is 3.69. The third-order valence-corrected chi connectivity index (χ3v) is 3.65. The Morgan fingerprint density at radius 3 is 2.90 bits per heavy atom. The highest BCUT2D eigenvalue weighted by Crippen LogP contribution is 2.21. The molecule has 4 nitrogen and oxygen atoms in total. The van der Waals surface area contributed by atoms with Gasteiger partial charge in [0.15, 0.2) is 17.7 Å². The Kier molecular flexibility index (Phi) is 5.12. The van der Waals surface area contributed by atoms with Gasteiger partial charge in [-0.05, 0) is 38.9 Å². The van der Waals surface area contributed by atoms with Crippen molar-refractivity contribution in [3.8, 4) is 5.75 Å². The number of carbonyl (C=O) groups is 1. The first-order chi connectivity index (χ1) is 10.0. The van der Waals surface area contributed by atoms with Gasteiger partial charge in [-0.15, -0.1) is 0 Å². The Hall–Kier alpha value is -1.69. The summed E-state index contributed by atoms with van der Waals surface area (Å²) in [5.74, 6) is -1.90. The quantitative estimate of drug-likeness (QED) is 0.903. The van der Waals surface area contributed by atoms with Crippen LogP contribution in [0.4, 0.5) is 8.78 Å². The van der Waals surface area contributed by atoms with Gasteiger partial charge in [0.05, 0.1) is 0 Å². The molecule has 0 saturated carbocycles. The molecule has 0 radical (unpaired) electrons. The highest BCUT2D eigenvalue weighted by atomic mass is 19.2. The van der Waals surface area contributed by atoms with Gasteiger partial charge in [0.1, 0.15) is 5.75 Å². The van der Waals surface area contributed by atoms with Gasteiger partial charge in [0.2, 0.25) is 0 Å². The SMILES string of the molecule is CNCC1CCCN1C(=O)C(C)Oc1ccc(F)c(F)c1. The van der Waals surface area contributed by atoms with Crippen molar-refractivity contribution >= 4 is 5.91 Å². The zero-order valence-electron chi connectivity index (χ0n) is 12.2. The van der Waals surface area contributed by atoms with E-state index in [0.29, 0.717) is 6.54 Å². The molecular weight excluding hydrogens is 278 g/mol. The molecule has 0 bridgehead atoms. The van der Waals surface area contributed by atoms with Gasteiger partial charge >= 0.3 is 0 Å². The number of hydrogen-bond acceptors (Lipinski definition) is 3. The zero-order valence-corrected chi connectivity index (χ0v) is 12.2. The summed E-state index contributed by atoms with van der Waals surface area (Å²) in [4.78, 5) is 14.2. The standard InChI is InChI=1S/C15H20F2N2O2/c1-10(21-12-5-6-13(16)14(17)8-12)15(20)19-7-3-4-11(19)9-18-2/h5-6,8,10-11,18H,3-4,7,9H2,1-2H3. The molecule has 21 heavy (non-hydrogen) atoms. The molecule has 0 aliphatic carbocycles. The number of hydrogen-bond donors (Lipinski definition) is 1. The van der Waals surface area contributed by atoms with Crippen LogP contribution in [0.25, 0.3) is 0 Å². The largest absolute Gasteiger partial charge is 0.481 e. The highest BCUT2D eigenvalue weighted by Gasteiger charge is 2.31. The minimum Gasteiger partial charge on any atom is -0.481 e. The number of likely N-dealkylation sites (N-methyl/N-ethyl adjacent to an activating group) is 1. The topological polar surface area (TPSA) is 41.6 Å². The van der Waals surface area contributed by atoms with E-state index in [1.165, 1.54) is 6.07 Å².